The third-order valence-corrected chi connectivity index (χ3v) is 3.03. The third-order valence-electron chi connectivity index (χ3n) is 3.03. The molecule has 3 heteroatoms. The normalized spacial score (nSPS) is 18.5. The van der Waals surface area contributed by atoms with Gasteiger partial charge in [0.15, 0.2) is 0 Å². The molecule has 0 amide bonds. The number of piperidine rings is 1. The van der Waals surface area contributed by atoms with E-state index in [2.05, 4.69) is 30.0 Å². The Morgan fingerprint density at radius 2 is 2.12 bits per heavy atom. The van der Waals surface area contributed by atoms with Crippen molar-refractivity contribution in [2.24, 2.45) is 5.92 Å². The summed E-state index contributed by atoms with van der Waals surface area (Å²) in [7, 11) is 0. The zero-order valence-corrected chi connectivity index (χ0v) is 11.2. The summed E-state index contributed by atoms with van der Waals surface area (Å²) < 4.78 is 5.55. The van der Waals surface area contributed by atoms with Crippen LogP contribution in [0.1, 0.15) is 26.7 Å². The van der Waals surface area contributed by atoms with Gasteiger partial charge in [-0.05, 0) is 18.8 Å². The van der Waals surface area contributed by atoms with Crippen molar-refractivity contribution < 1.29 is 4.74 Å². The van der Waals surface area contributed by atoms with E-state index in [4.69, 9.17) is 11.2 Å². The molecule has 1 aliphatic rings. The van der Waals surface area contributed by atoms with Crippen LogP contribution in [0.3, 0.4) is 0 Å². The minimum Gasteiger partial charge on any atom is -0.380 e. The van der Waals surface area contributed by atoms with Crippen molar-refractivity contribution in [2.45, 2.75) is 32.7 Å². The van der Waals surface area contributed by atoms with E-state index >= 15 is 0 Å². The second-order valence-corrected chi connectivity index (χ2v) is 5.18. The minimum absolute atomic E-state index is 0.627. The number of hydrogen-bond donors (Lipinski definition) is 1. The maximum Gasteiger partial charge on any atom is 0.0598 e. The number of hydrogen-bond acceptors (Lipinski definition) is 3. The van der Waals surface area contributed by atoms with Crippen molar-refractivity contribution >= 4 is 0 Å². The van der Waals surface area contributed by atoms with Gasteiger partial charge in [-0.1, -0.05) is 19.8 Å². The van der Waals surface area contributed by atoms with E-state index < -0.39 is 0 Å². The quantitative estimate of drug-likeness (QED) is 0.535. The van der Waals surface area contributed by atoms with Crippen LogP contribution in [0.5, 0.6) is 0 Å². The second kappa shape index (κ2) is 8.52. The van der Waals surface area contributed by atoms with Gasteiger partial charge in [-0.3, -0.25) is 4.90 Å². The lowest BCUT2D eigenvalue weighted by molar-refractivity contribution is 0.107. The average Bonchev–Trinajstić information content (AvgIpc) is 2.31. The first kappa shape index (κ1) is 14.5. The highest BCUT2D eigenvalue weighted by molar-refractivity contribution is 4.90. The molecule has 0 aromatic rings. The topological polar surface area (TPSA) is 24.5 Å². The summed E-state index contributed by atoms with van der Waals surface area (Å²) in [5.41, 5.74) is 0. The van der Waals surface area contributed by atoms with E-state index in [0.29, 0.717) is 12.0 Å². The predicted octanol–water partition coefficient (Wildman–Crippen LogP) is 1.35. The Hall–Kier alpha value is -0.560. The summed E-state index contributed by atoms with van der Waals surface area (Å²) in [4.78, 5) is 2.34. The highest BCUT2D eigenvalue weighted by Gasteiger charge is 2.17. The van der Waals surface area contributed by atoms with Crippen molar-refractivity contribution in [3.8, 4) is 12.3 Å². The van der Waals surface area contributed by atoms with Gasteiger partial charge in [-0.15, -0.1) is 6.42 Å². The fraction of sp³-hybridized carbons (Fsp3) is 0.857. The molecule has 1 rings (SSSR count). The molecule has 0 unspecified atom stereocenters. The third kappa shape index (κ3) is 6.68. The Morgan fingerprint density at radius 1 is 1.41 bits per heavy atom. The fourth-order valence-corrected chi connectivity index (χ4v) is 2.08. The van der Waals surface area contributed by atoms with Crippen LogP contribution in [0.25, 0.3) is 0 Å². The fourth-order valence-electron chi connectivity index (χ4n) is 2.08. The van der Waals surface area contributed by atoms with Crippen LogP contribution in [-0.4, -0.2) is 50.3 Å². The summed E-state index contributed by atoms with van der Waals surface area (Å²) >= 11 is 0. The van der Waals surface area contributed by atoms with Crippen molar-refractivity contribution in [1.82, 2.24) is 10.2 Å². The van der Waals surface area contributed by atoms with E-state index in [9.17, 15) is 0 Å². The van der Waals surface area contributed by atoms with Crippen LogP contribution in [-0.2, 0) is 4.74 Å². The molecule has 0 aromatic carbocycles. The van der Waals surface area contributed by atoms with Crippen LogP contribution in [0.15, 0.2) is 0 Å². The van der Waals surface area contributed by atoms with Crippen LogP contribution >= 0.6 is 0 Å². The lowest BCUT2D eigenvalue weighted by atomic mass is 10.1. The predicted molar refractivity (Wildman–Crippen MR) is 72.0 cm³/mol. The minimum atomic E-state index is 0.627. The SMILES string of the molecule is C#CCN1CCC(NCCOCC(C)C)CC1. The molecule has 0 aliphatic carbocycles. The number of terminal acetylenes is 1. The monoisotopic (exact) mass is 238 g/mol. The van der Waals surface area contributed by atoms with E-state index in [-0.39, 0.29) is 0 Å². The van der Waals surface area contributed by atoms with Gasteiger partial charge in [0, 0.05) is 32.3 Å². The zero-order chi connectivity index (χ0) is 12.5. The highest BCUT2D eigenvalue weighted by Crippen LogP contribution is 2.09. The Morgan fingerprint density at radius 3 is 2.71 bits per heavy atom. The van der Waals surface area contributed by atoms with Crippen LogP contribution in [0, 0.1) is 18.3 Å². The molecule has 0 bridgehead atoms. The van der Waals surface area contributed by atoms with E-state index in [1.165, 1.54) is 12.8 Å². The van der Waals surface area contributed by atoms with Crippen molar-refractivity contribution in [2.75, 3.05) is 39.4 Å². The molecule has 1 heterocycles. The molecule has 0 spiro atoms. The maximum absolute atomic E-state index is 5.55. The lowest BCUT2D eigenvalue weighted by Gasteiger charge is -2.31. The first-order chi connectivity index (χ1) is 8.22. The molecule has 0 aromatic heterocycles. The highest BCUT2D eigenvalue weighted by atomic mass is 16.5. The molecule has 1 fully saturated rings. The van der Waals surface area contributed by atoms with Crippen LogP contribution in [0.4, 0.5) is 0 Å². The van der Waals surface area contributed by atoms with Gasteiger partial charge < -0.3 is 10.1 Å². The summed E-state index contributed by atoms with van der Waals surface area (Å²) in [6, 6.07) is 0.645. The number of nitrogens with zero attached hydrogens (tertiary/aromatic N) is 1. The molecule has 0 saturated carbocycles. The average molecular weight is 238 g/mol. The molecule has 1 saturated heterocycles. The van der Waals surface area contributed by atoms with Gasteiger partial charge in [0.1, 0.15) is 0 Å². The summed E-state index contributed by atoms with van der Waals surface area (Å²) in [6.45, 7) is 10.0. The van der Waals surface area contributed by atoms with E-state index in [1.54, 1.807) is 0 Å². The molecule has 0 atom stereocenters. The van der Waals surface area contributed by atoms with Crippen molar-refractivity contribution in [3.63, 3.8) is 0 Å². The molecule has 17 heavy (non-hydrogen) atoms. The van der Waals surface area contributed by atoms with Crippen molar-refractivity contribution in [3.05, 3.63) is 0 Å². The molecule has 0 radical (unpaired) electrons. The zero-order valence-electron chi connectivity index (χ0n) is 11.2. The Kier molecular flexibility index (Phi) is 7.27. The van der Waals surface area contributed by atoms with Gasteiger partial charge in [0.05, 0.1) is 13.2 Å². The molecular formula is C14H26N2O. The smallest absolute Gasteiger partial charge is 0.0598 e. The van der Waals surface area contributed by atoms with Crippen LogP contribution in [0.2, 0.25) is 0 Å². The maximum atomic E-state index is 5.55. The molecular weight excluding hydrogens is 212 g/mol. The number of nitrogens with one attached hydrogen (secondary N) is 1. The lowest BCUT2D eigenvalue weighted by Crippen LogP contribution is -2.43. The standard InChI is InChI=1S/C14H26N2O/c1-4-8-16-9-5-14(6-10-16)15-7-11-17-12-13(2)3/h1,13-15H,5-12H2,2-3H3. The van der Waals surface area contributed by atoms with E-state index in [1.807, 2.05) is 0 Å². The van der Waals surface area contributed by atoms with Crippen molar-refractivity contribution in [1.29, 1.82) is 0 Å². The molecule has 98 valence electrons. The second-order valence-electron chi connectivity index (χ2n) is 5.18. The van der Waals surface area contributed by atoms with E-state index in [0.717, 1.165) is 39.4 Å². The molecule has 1 aliphatic heterocycles. The van der Waals surface area contributed by atoms with Gasteiger partial charge in [-0.2, -0.15) is 0 Å². The number of likely N-dealkylation sites (tertiary alicyclic amines) is 1. The first-order valence-electron chi connectivity index (χ1n) is 6.69. The summed E-state index contributed by atoms with van der Waals surface area (Å²) in [5.74, 6) is 3.34. The Bertz CT molecular complexity index is 227. The Labute approximate surface area is 106 Å². The van der Waals surface area contributed by atoms with Gasteiger partial charge in [0.2, 0.25) is 0 Å². The first-order valence-corrected chi connectivity index (χ1v) is 6.69. The molecule has 1 N–H and O–H groups in total. The van der Waals surface area contributed by atoms with Gasteiger partial charge >= 0.3 is 0 Å². The number of rotatable bonds is 7. The number of ether oxygens (including phenoxy) is 1. The van der Waals surface area contributed by atoms with Crippen LogP contribution < -0.4 is 5.32 Å². The summed E-state index contributed by atoms with van der Waals surface area (Å²) in [6.07, 6.45) is 7.71. The molecule has 3 nitrogen and oxygen atoms in total. The van der Waals surface area contributed by atoms with Gasteiger partial charge in [-0.25, -0.2) is 0 Å². The largest absolute Gasteiger partial charge is 0.380 e. The van der Waals surface area contributed by atoms with Gasteiger partial charge in [0.25, 0.3) is 0 Å². The Balaban J connectivity index is 1.97. The summed E-state index contributed by atoms with van der Waals surface area (Å²) in [5, 5.41) is 3.55.